The molecule has 3 aromatic carbocycles. The first kappa shape index (κ1) is 20.9. The zero-order valence-electron chi connectivity index (χ0n) is 16.7. The van der Waals surface area contributed by atoms with Gasteiger partial charge in [0.25, 0.3) is 5.69 Å². The summed E-state index contributed by atoms with van der Waals surface area (Å²) < 4.78 is 10.5. The number of ether oxygens (including phenoxy) is 2. The summed E-state index contributed by atoms with van der Waals surface area (Å²) in [6.07, 6.45) is 0.155. The first-order chi connectivity index (χ1) is 14.5. The van der Waals surface area contributed by atoms with E-state index in [2.05, 4.69) is 5.32 Å². The molecule has 0 aromatic heterocycles. The lowest BCUT2D eigenvalue weighted by Gasteiger charge is -2.19. The third-order valence-corrected chi connectivity index (χ3v) is 4.78. The van der Waals surface area contributed by atoms with Crippen molar-refractivity contribution in [2.24, 2.45) is 0 Å². The molecule has 0 saturated carbocycles. The van der Waals surface area contributed by atoms with Crippen LogP contribution in [0.1, 0.15) is 23.5 Å². The summed E-state index contributed by atoms with van der Waals surface area (Å²) in [5.41, 5.74) is 2.09. The van der Waals surface area contributed by atoms with Gasteiger partial charge in [0.05, 0.1) is 24.8 Å². The van der Waals surface area contributed by atoms with Crippen LogP contribution in [0, 0.1) is 10.1 Å². The lowest BCUT2D eigenvalue weighted by molar-refractivity contribution is -0.384. The summed E-state index contributed by atoms with van der Waals surface area (Å²) in [7, 11) is 3.05. The second-order valence-corrected chi connectivity index (χ2v) is 6.63. The Morgan fingerprint density at radius 1 is 0.967 bits per heavy atom. The molecular weight excluding hydrogens is 384 g/mol. The first-order valence-corrected chi connectivity index (χ1v) is 9.33. The van der Waals surface area contributed by atoms with E-state index in [9.17, 15) is 14.9 Å². The molecule has 0 aliphatic heterocycles. The molecule has 3 rings (SSSR count). The van der Waals surface area contributed by atoms with Gasteiger partial charge in [0.1, 0.15) is 11.5 Å². The number of hydrogen-bond acceptors (Lipinski definition) is 5. The summed E-state index contributed by atoms with van der Waals surface area (Å²) >= 11 is 0. The van der Waals surface area contributed by atoms with Gasteiger partial charge < -0.3 is 14.8 Å². The van der Waals surface area contributed by atoms with Crippen molar-refractivity contribution in [3.63, 3.8) is 0 Å². The van der Waals surface area contributed by atoms with Crippen LogP contribution in [-0.4, -0.2) is 25.1 Å². The van der Waals surface area contributed by atoms with Gasteiger partial charge in [-0.3, -0.25) is 14.9 Å². The molecule has 0 saturated heterocycles. The van der Waals surface area contributed by atoms with Crippen LogP contribution < -0.4 is 14.8 Å². The molecular formula is C23H22N2O5. The highest BCUT2D eigenvalue weighted by Crippen LogP contribution is 2.32. The van der Waals surface area contributed by atoms with E-state index in [0.29, 0.717) is 5.75 Å². The molecule has 1 amide bonds. The molecule has 3 aromatic rings. The Morgan fingerprint density at radius 3 is 2.23 bits per heavy atom. The summed E-state index contributed by atoms with van der Waals surface area (Å²) in [5, 5.41) is 13.8. The van der Waals surface area contributed by atoms with Crippen molar-refractivity contribution in [3.05, 3.63) is 94.0 Å². The van der Waals surface area contributed by atoms with Gasteiger partial charge >= 0.3 is 0 Å². The highest BCUT2D eigenvalue weighted by atomic mass is 16.6. The first-order valence-electron chi connectivity index (χ1n) is 9.33. The number of anilines is 1. The van der Waals surface area contributed by atoms with E-state index >= 15 is 0 Å². The molecule has 7 nitrogen and oxygen atoms in total. The summed E-state index contributed by atoms with van der Waals surface area (Å²) in [4.78, 5) is 23.4. The zero-order valence-corrected chi connectivity index (χ0v) is 16.7. The third kappa shape index (κ3) is 4.94. The van der Waals surface area contributed by atoms with Gasteiger partial charge in [-0.2, -0.15) is 0 Å². The fraction of sp³-hybridized carbons (Fsp3) is 0.174. The topological polar surface area (TPSA) is 90.7 Å². The molecule has 0 aliphatic rings. The molecule has 0 aliphatic carbocycles. The van der Waals surface area contributed by atoms with Crippen LogP contribution in [0.2, 0.25) is 0 Å². The van der Waals surface area contributed by atoms with E-state index in [4.69, 9.17) is 9.47 Å². The number of hydrogen-bond donors (Lipinski definition) is 1. The Bertz CT molecular complexity index is 1020. The van der Waals surface area contributed by atoms with Crippen LogP contribution in [0.15, 0.2) is 72.8 Å². The second kappa shape index (κ2) is 9.56. The number of carbonyl (C=O) groups is 1. The molecule has 30 heavy (non-hydrogen) atoms. The predicted molar refractivity (Wildman–Crippen MR) is 114 cm³/mol. The average Bonchev–Trinajstić information content (AvgIpc) is 2.78. The number of carbonyl (C=O) groups excluding carboxylic acids is 1. The minimum atomic E-state index is -0.515. The number of nitro groups is 1. The fourth-order valence-corrected chi connectivity index (χ4v) is 3.24. The monoisotopic (exact) mass is 406 g/mol. The van der Waals surface area contributed by atoms with Crippen molar-refractivity contribution in [3.8, 4) is 11.5 Å². The Kier molecular flexibility index (Phi) is 6.64. The number of benzene rings is 3. The van der Waals surface area contributed by atoms with Gasteiger partial charge in [-0.15, -0.1) is 0 Å². The normalized spacial score (nSPS) is 11.4. The van der Waals surface area contributed by atoms with Crippen molar-refractivity contribution in [2.75, 3.05) is 19.5 Å². The van der Waals surface area contributed by atoms with Gasteiger partial charge in [0.2, 0.25) is 5.91 Å². The molecule has 0 unspecified atom stereocenters. The number of non-ortho nitro benzene ring substituents is 1. The van der Waals surface area contributed by atoms with Crippen molar-refractivity contribution in [1.82, 2.24) is 0 Å². The maximum absolute atomic E-state index is 12.9. The molecule has 7 heteroatoms. The maximum atomic E-state index is 12.9. The van der Waals surface area contributed by atoms with Crippen molar-refractivity contribution >= 4 is 17.3 Å². The standard InChI is InChI=1S/C23H22N2O5/c1-29-19-11-8-17(9-12-19)20(16-6-4-3-5-7-16)15-23(26)24-21-14-18(25(27)28)10-13-22(21)30-2/h3-14,20H,15H2,1-2H3,(H,24,26)/t20-/m1/s1. The number of nitro benzene ring substituents is 1. The molecule has 0 spiro atoms. The highest BCUT2D eigenvalue weighted by Gasteiger charge is 2.20. The minimum Gasteiger partial charge on any atom is -0.497 e. The van der Waals surface area contributed by atoms with E-state index in [-0.39, 0.29) is 29.6 Å². The summed E-state index contributed by atoms with van der Waals surface area (Å²) in [6, 6.07) is 21.4. The number of amides is 1. The smallest absolute Gasteiger partial charge is 0.271 e. The Hall–Kier alpha value is -3.87. The minimum absolute atomic E-state index is 0.124. The Labute approximate surface area is 174 Å². The third-order valence-electron chi connectivity index (χ3n) is 4.78. The largest absolute Gasteiger partial charge is 0.497 e. The van der Waals surface area contributed by atoms with Crippen LogP contribution >= 0.6 is 0 Å². The number of rotatable bonds is 8. The van der Waals surface area contributed by atoms with Crippen LogP contribution in [0.5, 0.6) is 11.5 Å². The number of methoxy groups -OCH3 is 2. The molecule has 1 atom stereocenters. The van der Waals surface area contributed by atoms with E-state index in [0.717, 1.165) is 16.9 Å². The molecule has 0 heterocycles. The molecule has 0 radical (unpaired) electrons. The second-order valence-electron chi connectivity index (χ2n) is 6.63. The predicted octanol–water partition coefficient (Wildman–Crippen LogP) is 4.77. The van der Waals surface area contributed by atoms with Crippen LogP contribution in [0.25, 0.3) is 0 Å². The van der Waals surface area contributed by atoms with Crippen LogP contribution in [-0.2, 0) is 4.79 Å². The lowest BCUT2D eigenvalue weighted by Crippen LogP contribution is -2.17. The molecule has 1 N–H and O–H groups in total. The quantitative estimate of drug-likeness (QED) is 0.430. The van der Waals surface area contributed by atoms with Gasteiger partial charge in [0.15, 0.2) is 0 Å². The van der Waals surface area contributed by atoms with Gasteiger partial charge in [-0.25, -0.2) is 0 Å². The van der Waals surface area contributed by atoms with Crippen LogP contribution in [0.3, 0.4) is 0 Å². The van der Waals surface area contributed by atoms with E-state index < -0.39 is 4.92 Å². The van der Waals surface area contributed by atoms with Gasteiger partial charge in [0, 0.05) is 24.5 Å². The summed E-state index contributed by atoms with van der Waals surface area (Å²) in [6.45, 7) is 0. The summed E-state index contributed by atoms with van der Waals surface area (Å²) in [5.74, 6) is 0.617. The number of nitrogens with zero attached hydrogens (tertiary/aromatic N) is 1. The molecule has 0 bridgehead atoms. The van der Waals surface area contributed by atoms with E-state index in [1.807, 2.05) is 54.6 Å². The maximum Gasteiger partial charge on any atom is 0.271 e. The SMILES string of the molecule is COc1ccc([C@H](CC(=O)Nc2cc([N+](=O)[O-])ccc2OC)c2ccccc2)cc1. The Morgan fingerprint density at radius 2 is 1.63 bits per heavy atom. The van der Waals surface area contributed by atoms with E-state index in [1.54, 1.807) is 7.11 Å². The lowest BCUT2D eigenvalue weighted by atomic mass is 9.88. The van der Waals surface area contributed by atoms with Crippen LogP contribution in [0.4, 0.5) is 11.4 Å². The number of nitrogens with one attached hydrogen (secondary N) is 1. The van der Waals surface area contributed by atoms with Crippen molar-refractivity contribution in [2.45, 2.75) is 12.3 Å². The fourth-order valence-electron chi connectivity index (χ4n) is 3.24. The average molecular weight is 406 g/mol. The molecule has 0 fully saturated rings. The van der Waals surface area contributed by atoms with Crippen molar-refractivity contribution in [1.29, 1.82) is 0 Å². The Balaban J connectivity index is 1.87. The zero-order chi connectivity index (χ0) is 21.5. The highest BCUT2D eigenvalue weighted by molar-refractivity contribution is 5.93. The van der Waals surface area contributed by atoms with Gasteiger partial charge in [-0.05, 0) is 29.3 Å². The van der Waals surface area contributed by atoms with Gasteiger partial charge in [-0.1, -0.05) is 42.5 Å². The molecule has 154 valence electrons. The van der Waals surface area contributed by atoms with Crippen molar-refractivity contribution < 1.29 is 19.2 Å². The van der Waals surface area contributed by atoms with E-state index in [1.165, 1.54) is 25.3 Å².